The number of likely N-dealkylation sites (tertiary alicyclic amines) is 1. The Balaban J connectivity index is 1.94. The van der Waals surface area contributed by atoms with Crippen molar-refractivity contribution >= 4 is 6.21 Å². The molecule has 0 saturated carbocycles. The van der Waals surface area contributed by atoms with Gasteiger partial charge in [-0.3, -0.25) is 4.90 Å². The molecule has 1 aromatic carbocycles. The molecule has 0 unspecified atom stereocenters. The average Bonchev–Trinajstić information content (AvgIpc) is 2.84. The van der Waals surface area contributed by atoms with Crippen molar-refractivity contribution in [1.82, 2.24) is 4.90 Å². The molecule has 0 atom stereocenters. The minimum absolute atomic E-state index is 0.0313. The van der Waals surface area contributed by atoms with E-state index in [0.717, 1.165) is 13.0 Å². The molecule has 18 heavy (non-hydrogen) atoms. The van der Waals surface area contributed by atoms with Gasteiger partial charge in [-0.15, -0.1) is 0 Å². The van der Waals surface area contributed by atoms with Crippen LogP contribution in [0.15, 0.2) is 24.3 Å². The molecule has 98 valence electrons. The van der Waals surface area contributed by atoms with E-state index < -0.39 is 0 Å². The summed E-state index contributed by atoms with van der Waals surface area (Å²) in [4.78, 5) is 2.52. The van der Waals surface area contributed by atoms with E-state index >= 15 is 0 Å². The molecule has 2 nitrogen and oxygen atoms in total. The highest BCUT2D eigenvalue weighted by molar-refractivity contribution is 5.61. The lowest BCUT2D eigenvalue weighted by molar-refractivity contribution is 0.331. The molecular formula is C16H24N2. The summed E-state index contributed by atoms with van der Waals surface area (Å²) in [7, 11) is 0. The van der Waals surface area contributed by atoms with E-state index in [1.54, 1.807) is 6.21 Å². The minimum Gasteiger partial charge on any atom is -0.313 e. The van der Waals surface area contributed by atoms with E-state index in [1.807, 2.05) is 0 Å². The molecule has 1 aliphatic rings. The van der Waals surface area contributed by atoms with E-state index in [4.69, 9.17) is 5.41 Å². The molecule has 0 bridgehead atoms. The molecule has 1 aliphatic heterocycles. The predicted octanol–water partition coefficient (Wildman–Crippen LogP) is 3.50. The van der Waals surface area contributed by atoms with Crippen LogP contribution in [0, 0.1) is 10.8 Å². The fraction of sp³-hybridized carbons (Fsp3) is 0.562. The molecule has 2 heteroatoms. The number of hydrogen-bond acceptors (Lipinski definition) is 2. The normalized spacial score (nSPS) is 17.0. The molecule has 1 heterocycles. The van der Waals surface area contributed by atoms with Crippen molar-refractivity contribution in [3.8, 4) is 0 Å². The number of nitrogens with zero attached hydrogens (tertiary/aromatic N) is 1. The molecule has 0 spiro atoms. The second-order valence-corrected chi connectivity index (χ2v) is 6.11. The van der Waals surface area contributed by atoms with Gasteiger partial charge in [0.1, 0.15) is 0 Å². The molecule has 1 fully saturated rings. The highest BCUT2D eigenvalue weighted by Gasteiger charge is 2.15. The SMILES string of the molecule is CC(C)(C=N)Cc1ccc(CN2CCCC2)cc1. The van der Waals surface area contributed by atoms with Crippen LogP contribution in [0.1, 0.15) is 37.8 Å². The van der Waals surface area contributed by atoms with Crippen LogP contribution in [0.25, 0.3) is 0 Å². The smallest absolute Gasteiger partial charge is 0.0233 e. The molecule has 0 amide bonds. The Kier molecular flexibility index (Phi) is 4.18. The number of benzene rings is 1. The maximum atomic E-state index is 7.41. The van der Waals surface area contributed by atoms with Gasteiger partial charge in [-0.1, -0.05) is 38.1 Å². The first kappa shape index (κ1) is 13.3. The molecule has 1 aromatic rings. The second-order valence-electron chi connectivity index (χ2n) is 6.11. The zero-order valence-corrected chi connectivity index (χ0v) is 11.6. The summed E-state index contributed by atoms with van der Waals surface area (Å²) in [5.41, 5.74) is 2.71. The van der Waals surface area contributed by atoms with Gasteiger partial charge in [-0.2, -0.15) is 0 Å². The average molecular weight is 244 g/mol. The standard InChI is InChI=1S/C16H24N2/c1-16(2,13-17)11-14-5-7-15(8-6-14)12-18-9-3-4-10-18/h5-8,13,17H,3-4,9-12H2,1-2H3. The molecule has 0 aliphatic carbocycles. The van der Waals surface area contributed by atoms with Gasteiger partial charge in [-0.25, -0.2) is 0 Å². The third kappa shape index (κ3) is 3.67. The lowest BCUT2D eigenvalue weighted by Crippen LogP contribution is -2.18. The van der Waals surface area contributed by atoms with E-state index in [1.165, 1.54) is 37.1 Å². The molecule has 1 saturated heterocycles. The quantitative estimate of drug-likeness (QED) is 0.789. The van der Waals surface area contributed by atoms with Gasteiger partial charge >= 0.3 is 0 Å². The van der Waals surface area contributed by atoms with Crippen molar-refractivity contribution in [2.24, 2.45) is 5.41 Å². The molecule has 1 N–H and O–H groups in total. The zero-order valence-electron chi connectivity index (χ0n) is 11.6. The molecule has 0 radical (unpaired) electrons. The Morgan fingerprint density at radius 1 is 1.11 bits per heavy atom. The van der Waals surface area contributed by atoms with Crippen LogP contribution in [0.4, 0.5) is 0 Å². The maximum absolute atomic E-state index is 7.41. The topological polar surface area (TPSA) is 27.1 Å². The summed E-state index contributed by atoms with van der Waals surface area (Å²) in [6.45, 7) is 7.82. The largest absolute Gasteiger partial charge is 0.313 e. The van der Waals surface area contributed by atoms with Crippen molar-refractivity contribution in [2.75, 3.05) is 13.1 Å². The molecule has 0 aromatic heterocycles. The summed E-state index contributed by atoms with van der Waals surface area (Å²) < 4.78 is 0. The minimum atomic E-state index is -0.0313. The summed E-state index contributed by atoms with van der Waals surface area (Å²) in [6.07, 6.45) is 5.20. The number of hydrogen-bond donors (Lipinski definition) is 1. The van der Waals surface area contributed by atoms with E-state index in [9.17, 15) is 0 Å². The third-order valence-corrected chi connectivity index (χ3v) is 3.68. The van der Waals surface area contributed by atoms with Crippen LogP contribution < -0.4 is 0 Å². The summed E-state index contributed by atoms with van der Waals surface area (Å²) in [5, 5.41) is 7.41. The Labute approximate surface area is 111 Å². The first-order valence-electron chi connectivity index (χ1n) is 6.91. The van der Waals surface area contributed by atoms with E-state index in [0.29, 0.717) is 0 Å². The van der Waals surface area contributed by atoms with Crippen molar-refractivity contribution in [1.29, 1.82) is 5.41 Å². The van der Waals surface area contributed by atoms with E-state index in [2.05, 4.69) is 43.0 Å². The molecule has 2 rings (SSSR count). The van der Waals surface area contributed by atoms with Crippen LogP contribution >= 0.6 is 0 Å². The summed E-state index contributed by atoms with van der Waals surface area (Å²) >= 11 is 0. The van der Waals surface area contributed by atoms with Crippen LogP contribution in [-0.2, 0) is 13.0 Å². The lowest BCUT2D eigenvalue weighted by Gasteiger charge is -2.19. The summed E-state index contributed by atoms with van der Waals surface area (Å²) in [5.74, 6) is 0. The number of rotatable bonds is 5. The van der Waals surface area contributed by atoms with Crippen LogP contribution in [-0.4, -0.2) is 24.2 Å². The fourth-order valence-electron chi connectivity index (χ4n) is 2.54. The van der Waals surface area contributed by atoms with Gasteiger partial charge in [0.15, 0.2) is 0 Å². The van der Waals surface area contributed by atoms with Crippen molar-refractivity contribution in [3.05, 3.63) is 35.4 Å². The van der Waals surface area contributed by atoms with Crippen LogP contribution in [0.5, 0.6) is 0 Å². The maximum Gasteiger partial charge on any atom is 0.0233 e. The third-order valence-electron chi connectivity index (χ3n) is 3.68. The predicted molar refractivity (Wildman–Crippen MR) is 77.2 cm³/mol. The van der Waals surface area contributed by atoms with Crippen molar-refractivity contribution < 1.29 is 0 Å². The Hall–Kier alpha value is -1.15. The van der Waals surface area contributed by atoms with Gasteiger partial charge in [0.25, 0.3) is 0 Å². The Bertz CT molecular complexity index is 386. The highest BCUT2D eigenvalue weighted by atomic mass is 15.1. The lowest BCUT2D eigenvalue weighted by atomic mass is 9.87. The van der Waals surface area contributed by atoms with Crippen LogP contribution in [0.3, 0.4) is 0 Å². The van der Waals surface area contributed by atoms with Crippen molar-refractivity contribution in [3.63, 3.8) is 0 Å². The first-order valence-corrected chi connectivity index (χ1v) is 6.91. The highest BCUT2D eigenvalue weighted by Crippen LogP contribution is 2.20. The number of nitrogens with one attached hydrogen (secondary N) is 1. The monoisotopic (exact) mass is 244 g/mol. The second kappa shape index (κ2) is 5.66. The fourth-order valence-corrected chi connectivity index (χ4v) is 2.54. The Morgan fingerprint density at radius 2 is 1.67 bits per heavy atom. The van der Waals surface area contributed by atoms with Gasteiger partial charge in [0.2, 0.25) is 0 Å². The van der Waals surface area contributed by atoms with Crippen molar-refractivity contribution in [2.45, 2.75) is 39.7 Å². The van der Waals surface area contributed by atoms with E-state index in [-0.39, 0.29) is 5.41 Å². The van der Waals surface area contributed by atoms with Gasteiger partial charge < -0.3 is 5.41 Å². The Morgan fingerprint density at radius 3 is 2.22 bits per heavy atom. The van der Waals surface area contributed by atoms with Gasteiger partial charge in [0, 0.05) is 18.2 Å². The van der Waals surface area contributed by atoms with Gasteiger partial charge in [-0.05, 0) is 43.5 Å². The summed E-state index contributed by atoms with van der Waals surface area (Å²) in [6, 6.07) is 8.93. The molecular weight excluding hydrogens is 220 g/mol. The van der Waals surface area contributed by atoms with Gasteiger partial charge in [0.05, 0.1) is 0 Å². The first-order chi connectivity index (χ1) is 8.59. The zero-order chi connectivity index (χ0) is 13.0. The van der Waals surface area contributed by atoms with Crippen LogP contribution in [0.2, 0.25) is 0 Å².